The Morgan fingerprint density at radius 2 is 1.81 bits per heavy atom. The van der Waals surface area contributed by atoms with Gasteiger partial charge in [0, 0.05) is 11.0 Å². The van der Waals surface area contributed by atoms with E-state index in [0.29, 0.717) is 10.6 Å². The molecule has 0 spiro atoms. The van der Waals surface area contributed by atoms with Crippen molar-refractivity contribution in [3.8, 4) is 11.5 Å². The second-order valence-corrected chi connectivity index (χ2v) is 7.59. The third-order valence-electron chi connectivity index (χ3n) is 3.19. The summed E-state index contributed by atoms with van der Waals surface area (Å²) in [5.41, 5.74) is 2.08. The van der Waals surface area contributed by atoms with Gasteiger partial charge in [-0.05, 0) is 24.3 Å². The molecule has 0 atom stereocenters. The molecule has 2 N–H and O–H groups in total. The molecule has 26 heavy (non-hydrogen) atoms. The molecule has 7 nitrogen and oxygen atoms in total. The molecule has 0 aliphatic heterocycles. The Hall–Kier alpha value is -2.30. The third-order valence-corrected chi connectivity index (χ3v) is 5.48. The number of methoxy groups -OCH3 is 2. The minimum Gasteiger partial charge on any atom is -0.493 e. The molecule has 1 amide bonds. The van der Waals surface area contributed by atoms with E-state index in [1.807, 2.05) is 4.83 Å². The Bertz CT molecular complexity index is 890. The SMILES string of the molecule is COc1ccc(S(=O)(=O)NNC(=O)CSc2ccccc2F)cc1OC. The Labute approximate surface area is 154 Å². The topological polar surface area (TPSA) is 93.7 Å². The molecule has 0 aliphatic rings. The van der Waals surface area contributed by atoms with Crippen molar-refractivity contribution < 1.29 is 27.1 Å². The van der Waals surface area contributed by atoms with Gasteiger partial charge in [-0.1, -0.05) is 12.1 Å². The minimum absolute atomic E-state index is 0.114. The van der Waals surface area contributed by atoms with Crippen molar-refractivity contribution in [1.29, 1.82) is 0 Å². The number of hydrogen-bond donors (Lipinski definition) is 2. The van der Waals surface area contributed by atoms with E-state index in [2.05, 4.69) is 5.43 Å². The van der Waals surface area contributed by atoms with Gasteiger partial charge in [0.05, 0.1) is 24.9 Å². The lowest BCUT2D eigenvalue weighted by Crippen LogP contribution is -2.42. The van der Waals surface area contributed by atoms with E-state index >= 15 is 0 Å². The number of benzene rings is 2. The molecule has 0 fully saturated rings. The van der Waals surface area contributed by atoms with Gasteiger partial charge in [-0.2, -0.15) is 0 Å². The van der Waals surface area contributed by atoms with Crippen LogP contribution in [0.3, 0.4) is 0 Å². The number of nitrogens with one attached hydrogen (secondary N) is 2. The normalized spacial score (nSPS) is 11.0. The van der Waals surface area contributed by atoms with Crippen molar-refractivity contribution in [2.24, 2.45) is 0 Å². The fourth-order valence-corrected chi connectivity index (χ4v) is 3.52. The van der Waals surface area contributed by atoms with Gasteiger partial charge in [-0.25, -0.2) is 12.8 Å². The first kappa shape index (κ1) is 20.0. The van der Waals surface area contributed by atoms with Gasteiger partial charge in [-0.15, -0.1) is 16.6 Å². The molecule has 10 heteroatoms. The van der Waals surface area contributed by atoms with Gasteiger partial charge in [-0.3, -0.25) is 10.2 Å². The Kier molecular flexibility index (Phi) is 6.83. The second-order valence-electron chi connectivity index (χ2n) is 4.89. The van der Waals surface area contributed by atoms with Crippen molar-refractivity contribution in [3.63, 3.8) is 0 Å². The summed E-state index contributed by atoms with van der Waals surface area (Å²) in [5.74, 6) is -0.623. The van der Waals surface area contributed by atoms with Crippen LogP contribution < -0.4 is 19.7 Å². The number of rotatable bonds is 8. The Morgan fingerprint density at radius 3 is 2.46 bits per heavy atom. The standard InChI is InChI=1S/C16H17FN2O5S2/c1-23-13-8-7-11(9-14(13)24-2)26(21,22)19-18-16(20)10-25-15-6-4-3-5-12(15)17/h3-9,19H,10H2,1-2H3,(H,18,20). The highest BCUT2D eigenvalue weighted by Gasteiger charge is 2.18. The highest BCUT2D eigenvalue weighted by molar-refractivity contribution is 8.00. The second kappa shape index (κ2) is 8.88. The molecule has 140 valence electrons. The number of thioether (sulfide) groups is 1. The van der Waals surface area contributed by atoms with Crippen LogP contribution in [0.25, 0.3) is 0 Å². The van der Waals surface area contributed by atoms with Gasteiger partial charge in [0.1, 0.15) is 5.82 Å². The molecule has 2 rings (SSSR count). The van der Waals surface area contributed by atoms with E-state index in [-0.39, 0.29) is 16.4 Å². The van der Waals surface area contributed by atoms with E-state index in [1.54, 1.807) is 6.07 Å². The van der Waals surface area contributed by atoms with Crippen molar-refractivity contribution in [3.05, 3.63) is 48.3 Å². The summed E-state index contributed by atoms with van der Waals surface area (Å²) in [4.78, 5) is 14.0. The van der Waals surface area contributed by atoms with Crippen LogP contribution in [0.15, 0.2) is 52.3 Å². The molecule has 0 unspecified atom stereocenters. The predicted molar refractivity (Wildman–Crippen MR) is 95.1 cm³/mol. The molecule has 0 saturated heterocycles. The number of carbonyl (C=O) groups excluding carboxylic acids is 1. The summed E-state index contributed by atoms with van der Waals surface area (Å²) in [6.45, 7) is 0. The molecule has 0 heterocycles. The van der Waals surface area contributed by atoms with Gasteiger partial charge in [0.15, 0.2) is 11.5 Å². The summed E-state index contributed by atoms with van der Waals surface area (Å²) in [6.07, 6.45) is 0. The van der Waals surface area contributed by atoms with Gasteiger partial charge < -0.3 is 9.47 Å². The molecule has 2 aromatic rings. The summed E-state index contributed by atoms with van der Waals surface area (Å²) in [6, 6.07) is 10.00. The summed E-state index contributed by atoms with van der Waals surface area (Å²) in [5, 5.41) is 0. The average molecular weight is 400 g/mol. The first-order chi connectivity index (χ1) is 12.4. The van der Waals surface area contributed by atoms with E-state index in [1.165, 1.54) is 50.6 Å². The molecule has 0 radical (unpaired) electrons. The quantitative estimate of drug-likeness (QED) is 0.520. The van der Waals surface area contributed by atoms with Gasteiger partial charge >= 0.3 is 0 Å². The molecular weight excluding hydrogens is 383 g/mol. The molecule has 0 bridgehead atoms. The molecule has 2 aromatic carbocycles. The van der Waals surface area contributed by atoms with E-state index < -0.39 is 21.7 Å². The third kappa shape index (κ3) is 5.10. The number of amides is 1. The largest absolute Gasteiger partial charge is 0.493 e. The highest BCUT2D eigenvalue weighted by atomic mass is 32.2. The van der Waals surface area contributed by atoms with Gasteiger partial charge in [0.2, 0.25) is 5.91 Å². The van der Waals surface area contributed by atoms with E-state index in [4.69, 9.17) is 9.47 Å². The fourth-order valence-electron chi connectivity index (χ4n) is 1.91. The lowest BCUT2D eigenvalue weighted by Gasteiger charge is -2.11. The number of ether oxygens (including phenoxy) is 2. The number of hydrogen-bond acceptors (Lipinski definition) is 6. The zero-order valence-corrected chi connectivity index (χ0v) is 15.6. The predicted octanol–water partition coefficient (Wildman–Crippen LogP) is 1.94. The van der Waals surface area contributed by atoms with Crippen molar-refractivity contribution in [1.82, 2.24) is 10.3 Å². The summed E-state index contributed by atoms with van der Waals surface area (Å²) >= 11 is 0.954. The van der Waals surface area contributed by atoms with Crippen LogP contribution in [0.4, 0.5) is 4.39 Å². The number of hydrazine groups is 1. The lowest BCUT2D eigenvalue weighted by molar-refractivity contribution is -0.119. The van der Waals surface area contributed by atoms with Crippen molar-refractivity contribution >= 4 is 27.7 Å². The van der Waals surface area contributed by atoms with Crippen LogP contribution in [-0.2, 0) is 14.8 Å². The van der Waals surface area contributed by atoms with E-state index in [0.717, 1.165) is 11.8 Å². The highest BCUT2D eigenvalue weighted by Crippen LogP contribution is 2.29. The number of halogens is 1. The number of carbonyl (C=O) groups is 1. The Morgan fingerprint density at radius 1 is 1.12 bits per heavy atom. The number of sulfonamides is 1. The van der Waals surface area contributed by atoms with Crippen molar-refractivity contribution in [2.45, 2.75) is 9.79 Å². The van der Waals surface area contributed by atoms with Crippen LogP contribution in [0.1, 0.15) is 0 Å². The van der Waals surface area contributed by atoms with Crippen LogP contribution in [0.5, 0.6) is 11.5 Å². The van der Waals surface area contributed by atoms with Crippen LogP contribution >= 0.6 is 11.8 Å². The monoisotopic (exact) mass is 400 g/mol. The average Bonchev–Trinajstić information content (AvgIpc) is 2.65. The molecule has 0 aliphatic carbocycles. The maximum atomic E-state index is 13.5. The maximum absolute atomic E-state index is 13.5. The Balaban J connectivity index is 1.97. The summed E-state index contributed by atoms with van der Waals surface area (Å²) in [7, 11) is -1.20. The lowest BCUT2D eigenvalue weighted by atomic mass is 10.3. The first-order valence-electron chi connectivity index (χ1n) is 7.27. The van der Waals surface area contributed by atoms with Gasteiger partial charge in [0.25, 0.3) is 10.0 Å². The minimum atomic E-state index is -4.00. The molecule has 0 aromatic heterocycles. The van der Waals surface area contributed by atoms with E-state index in [9.17, 15) is 17.6 Å². The first-order valence-corrected chi connectivity index (χ1v) is 9.74. The van der Waals surface area contributed by atoms with Crippen LogP contribution in [0, 0.1) is 5.82 Å². The fraction of sp³-hybridized carbons (Fsp3) is 0.188. The maximum Gasteiger partial charge on any atom is 0.257 e. The molecular formula is C16H17FN2O5S2. The van der Waals surface area contributed by atoms with Crippen molar-refractivity contribution in [2.75, 3.05) is 20.0 Å². The molecule has 0 saturated carbocycles. The van der Waals surface area contributed by atoms with Crippen LogP contribution in [0.2, 0.25) is 0 Å². The van der Waals surface area contributed by atoms with Crippen LogP contribution in [-0.4, -0.2) is 34.3 Å². The summed E-state index contributed by atoms with van der Waals surface area (Å²) < 4.78 is 48.1. The smallest absolute Gasteiger partial charge is 0.257 e. The zero-order chi connectivity index (χ0) is 19.2. The zero-order valence-electron chi connectivity index (χ0n) is 14.0.